The van der Waals surface area contributed by atoms with Crippen molar-refractivity contribution in [3.63, 3.8) is 0 Å². The summed E-state index contributed by atoms with van der Waals surface area (Å²) in [6.07, 6.45) is 1.93. The second-order valence-corrected chi connectivity index (χ2v) is 3.17. The van der Waals surface area contributed by atoms with Gasteiger partial charge in [0.15, 0.2) is 0 Å². The van der Waals surface area contributed by atoms with Crippen LogP contribution in [0, 0.1) is 6.92 Å². The maximum atomic E-state index is 5.38. The molecule has 0 aromatic carbocycles. The van der Waals surface area contributed by atoms with Crippen molar-refractivity contribution in [1.82, 2.24) is 9.97 Å². The third-order valence-corrected chi connectivity index (χ3v) is 1.79. The van der Waals surface area contributed by atoms with Crippen molar-refractivity contribution >= 4 is 5.95 Å². The summed E-state index contributed by atoms with van der Waals surface area (Å²) in [5.74, 6) is 0.663. The van der Waals surface area contributed by atoms with E-state index in [9.17, 15) is 0 Å². The summed E-state index contributed by atoms with van der Waals surface area (Å²) >= 11 is 0. The van der Waals surface area contributed by atoms with E-state index < -0.39 is 0 Å². The number of aryl methyl sites for hydroxylation is 1. The normalized spacial score (nSPS) is 12.5. The molecular formula is C10H17N3O. The molecule has 4 nitrogen and oxygen atoms in total. The van der Waals surface area contributed by atoms with Gasteiger partial charge in [-0.15, -0.1) is 0 Å². The van der Waals surface area contributed by atoms with E-state index in [2.05, 4.69) is 15.3 Å². The number of nitrogens with one attached hydrogen (secondary N) is 1. The summed E-state index contributed by atoms with van der Waals surface area (Å²) in [5.41, 5.74) is 0.964. The second-order valence-electron chi connectivity index (χ2n) is 3.17. The summed E-state index contributed by atoms with van der Waals surface area (Å²) in [5, 5.41) is 3.12. The molecule has 0 spiro atoms. The molecule has 0 fully saturated rings. The molecule has 78 valence electrons. The van der Waals surface area contributed by atoms with Gasteiger partial charge in [-0.1, -0.05) is 0 Å². The van der Waals surface area contributed by atoms with Gasteiger partial charge in [0, 0.05) is 25.0 Å². The van der Waals surface area contributed by atoms with Crippen LogP contribution in [-0.2, 0) is 4.74 Å². The van der Waals surface area contributed by atoms with Crippen LogP contribution in [0.2, 0.25) is 0 Å². The van der Waals surface area contributed by atoms with E-state index >= 15 is 0 Å². The lowest BCUT2D eigenvalue weighted by molar-refractivity contribution is 0.0854. The monoisotopic (exact) mass is 195 g/mol. The van der Waals surface area contributed by atoms with Crippen molar-refractivity contribution in [3.8, 4) is 0 Å². The fourth-order valence-electron chi connectivity index (χ4n) is 1.11. The van der Waals surface area contributed by atoms with Crippen molar-refractivity contribution in [2.45, 2.75) is 26.9 Å². The predicted octanol–water partition coefficient (Wildman–Crippen LogP) is 1.62. The Hall–Kier alpha value is -1.16. The Bertz CT molecular complexity index is 278. The van der Waals surface area contributed by atoms with Gasteiger partial charge in [-0.2, -0.15) is 0 Å². The molecule has 0 bridgehead atoms. The van der Waals surface area contributed by atoms with E-state index in [1.165, 1.54) is 0 Å². The highest BCUT2D eigenvalue weighted by molar-refractivity contribution is 5.24. The van der Waals surface area contributed by atoms with Gasteiger partial charge >= 0.3 is 0 Å². The second kappa shape index (κ2) is 5.54. The van der Waals surface area contributed by atoms with Crippen molar-refractivity contribution in [1.29, 1.82) is 0 Å². The van der Waals surface area contributed by atoms with Crippen molar-refractivity contribution < 1.29 is 4.74 Å². The molecule has 1 aromatic heterocycles. The first kappa shape index (κ1) is 10.9. The van der Waals surface area contributed by atoms with E-state index in [1.54, 1.807) is 6.20 Å². The zero-order valence-corrected chi connectivity index (χ0v) is 8.95. The molecule has 1 N–H and O–H groups in total. The highest BCUT2D eigenvalue weighted by atomic mass is 16.5. The molecular weight excluding hydrogens is 178 g/mol. The van der Waals surface area contributed by atoms with Crippen LogP contribution in [-0.4, -0.2) is 29.2 Å². The molecule has 1 atom stereocenters. The molecule has 1 rings (SSSR count). The van der Waals surface area contributed by atoms with Gasteiger partial charge in [0.25, 0.3) is 0 Å². The SMILES string of the molecule is CCOC(C)CNc1nccc(C)n1. The molecule has 14 heavy (non-hydrogen) atoms. The maximum absolute atomic E-state index is 5.38. The molecule has 0 saturated heterocycles. The summed E-state index contributed by atoms with van der Waals surface area (Å²) < 4.78 is 5.38. The maximum Gasteiger partial charge on any atom is 0.222 e. The summed E-state index contributed by atoms with van der Waals surface area (Å²) in [6.45, 7) is 7.42. The fraction of sp³-hybridized carbons (Fsp3) is 0.600. The Morgan fingerprint density at radius 2 is 2.36 bits per heavy atom. The Kier molecular flexibility index (Phi) is 4.32. The van der Waals surface area contributed by atoms with E-state index in [1.807, 2.05) is 26.8 Å². The molecule has 0 aliphatic rings. The number of hydrogen-bond acceptors (Lipinski definition) is 4. The number of nitrogens with zero attached hydrogens (tertiary/aromatic N) is 2. The van der Waals surface area contributed by atoms with Crippen LogP contribution in [0.4, 0.5) is 5.95 Å². The van der Waals surface area contributed by atoms with E-state index in [-0.39, 0.29) is 6.10 Å². The molecule has 0 radical (unpaired) electrons. The van der Waals surface area contributed by atoms with Crippen molar-refractivity contribution in [3.05, 3.63) is 18.0 Å². The van der Waals surface area contributed by atoms with Gasteiger partial charge in [0.2, 0.25) is 5.95 Å². The van der Waals surface area contributed by atoms with Gasteiger partial charge in [-0.05, 0) is 26.8 Å². The average molecular weight is 195 g/mol. The zero-order valence-electron chi connectivity index (χ0n) is 8.95. The van der Waals surface area contributed by atoms with Crippen molar-refractivity contribution in [2.75, 3.05) is 18.5 Å². The third-order valence-electron chi connectivity index (χ3n) is 1.79. The quantitative estimate of drug-likeness (QED) is 0.775. The lowest BCUT2D eigenvalue weighted by Crippen LogP contribution is -2.20. The van der Waals surface area contributed by atoms with Gasteiger partial charge in [-0.25, -0.2) is 9.97 Å². The smallest absolute Gasteiger partial charge is 0.222 e. The highest BCUT2D eigenvalue weighted by Gasteiger charge is 2.01. The number of aromatic nitrogens is 2. The van der Waals surface area contributed by atoms with E-state index in [0.29, 0.717) is 5.95 Å². The molecule has 1 heterocycles. The lowest BCUT2D eigenvalue weighted by Gasteiger charge is -2.12. The number of rotatable bonds is 5. The van der Waals surface area contributed by atoms with Crippen LogP contribution in [0.1, 0.15) is 19.5 Å². The van der Waals surface area contributed by atoms with Crippen LogP contribution >= 0.6 is 0 Å². The molecule has 4 heteroatoms. The first-order valence-electron chi connectivity index (χ1n) is 4.87. The number of ether oxygens (including phenoxy) is 1. The van der Waals surface area contributed by atoms with Gasteiger partial charge in [0.1, 0.15) is 0 Å². The van der Waals surface area contributed by atoms with Crippen LogP contribution in [0.25, 0.3) is 0 Å². The Labute approximate surface area is 84.7 Å². The average Bonchev–Trinajstić information content (AvgIpc) is 2.15. The molecule has 0 amide bonds. The summed E-state index contributed by atoms with van der Waals surface area (Å²) in [7, 11) is 0. The van der Waals surface area contributed by atoms with Gasteiger partial charge in [-0.3, -0.25) is 0 Å². The topological polar surface area (TPSA) is 47.0 Å². The molecule has 1 aromatic rings. The minimum absolute atomic E-state index is 0.184. The van der Waals surface area contributed by atoms with E-state index in [4.69, 9.17) is 4.74 Å². The minimum atomic E-state index is 0.184. The molecule has 1 unspecified atom stereocenters. The Balaban J connectivity index is 2.37. The summed E-state index contributed by atoms with van der Waals surface area (Å²) in [4.78, 5) is 8.32. The van der Waals surface area contributed by atoms with Gasteiger partial charge in [0.05, 0.1) is 6.10 Å². The Morgan fingerprint density at radius 3 is 3.00 bits per heavy atom. The third kappa shape index (κ3) is 3.70. The zero-order chi connectivity index (χ0) is 10.4. The van der Waals surface area contributed by atoms with Gasteiger partial charge < -0.3 is 10.1 Å². The first-order chi connectivity index (χ1) is 6.72. The van der Waals surface area contributed by atoms with Crippen molar-refractivity contribution in [2.24, 2.45) is 0 Å². The first-order valence-corrected chi connectivity index (χ1v) is 4.87. The number of hydrogen-bond donors (Lipinski definition) is 1. The molecule has 0 saturated carbocycles. The standard InChI is InChI=1S/C10H17N3O/c1-4-14-9(3)7-12-10-11-6-5-8(2)13-10/h5-6,9H,4,7H2,1-3H3,(H,11,12,13). The summed E-state index contributed by atoms with van der Waals surface area (Å²) in [6, 6.07) is 1.87. The van der Waals surface area contributed by atoms with Crippen LogP contribution in [0.15, 0.2) is 12.3 Å². The minimum Gasteiger partial charge on any atom is -0.377 e. The molecule has 0 aliphatic heterocycles. The van der Waals surface area contributed by atoms with Crippen LogP contribution in [0.3, 0.4) is 0 Å². The molecule has 0 aliphatic carbocycles. The Morgan fingerprint density at radius 1 is 1.57 bits per heavy atom. The van der Waals surface area contributed by atoms with Crippen LogP contribution in [0.5, 0.6) is 0 Å². The lowest BCUT2D eigenvalue weighted by atomic mass is 10.4. The number of anilines is 1. The largest absolute Gasteiger partial charge is 0.377 e. The predicted molar refractivity (Wildman–Crippen MR) is 56.3 cm³/mol. The van der Waals surface area contributed by atoms with E-state index in [0.717, 1.165) is 18.8 Å². The van der Waals surface area contributed by atoms with Crippen LogP contribution < -0.4 is 5.32 Å². The fourth-order valence-corrected chi connectivity index (χ4v) is 1.11. The highest BCUT2D eigenvalue weighted by Crippen LogP contribution is 1.99.